The molecule has 0 fully saturated rings. The maximum Gasteiger partial charge on any atom is 0.358 e. The molecule has 1 amide bonds. The monoisotopic (exact) mass is 408 g/mol. The van der Waals surface area contributed by atoms with Gasteiger partial charge in [0, 0.05) is 16.0 Å². The van der Waals surface area contributed by atoms with Crippen molar-refractivity contribution in [3.8, 4) is 10.6 Å². The molecule has 27 heavy (non-hydrogen) atoms. The lowest BCUT2D eigenvalue weighted by Gasteiger charge is -2.07. The predicted octanol–water partition coefficient (Wildman–Crippen LogP) is 4.54. The van der Waals surface area contributed by atoms with Crippen molar-refractivity contribution in [3.63, 3.8) is 0 Å². The first-order valence-electron chi connectivity index (χ1n) is 7.56. The number of carbonyl (C=O) groups excluding carboxylic acids is 2. The zero-order chi connectivity index (χ0) is 19.4. The van der Waals surface area contributed by atoms with Crippen molar-refractivity contribution in [2.24, 2.45) is 0 Å². The molecule has 2 aromatic carbocycles. The van der Waals surface area contributed by atoms with Crippen LogP contribution in [0.2, 0.25) is 5.02 Å². The molecule has 0 spiro atoms. The summed E-state index contributed by atoms with van der Waals surface area (Å²) in [7, 11) is 0. The first-order chi connectivity index (χ1) is 12.9. The number of nitrogens with zero attached hydrogens (tertiary/aromatic N) is 1. The number of thiazole rings is 1. The van der Waals surface area contributed by atoms with Crippen molar-refractivity contribution in [1.29, 1.82) is 0 Å². The Morgan fingerprint density at radius 1 is 1.15 bits per heavy atom. The van der Waals surface area contributed by atoms with Gasteiger partial charge in [0.15, 0.2) is 12.3 Å². The molecule has 0 aliphatic heterocycles. The zero-order valence-corrected chi connectivity index (χ0v) is 15.1. The van der Waals surface area contributed by atoms with Gasteiger partial charge in [-0.25, -0.2) is 18.6 Å². The molecule has 0 aliphatic rings. The molecular weight excluding hydrogens is 398 g/mol. The molecule has 0 saturated carbocycles. The van der Waals surface area contributed by atoms with Crippen molar-refractivity contribution in [1.82, 2.24) is 4.98 Å². The predicted molar refractivity (Wildman–Crippen MR) is 97.8 cm³/mol. The van der Waals surface area contributed by atoms with E-state index in [1.54, 1.807) is 24.3 Å². The van der Waals surface area contributed by atoms with Crippen molar-refractivity contribution in [3.05, 3.63) is 70.2 Å². The van der Waals surface area contributed by atoms with E-state index in [-0.39, 0.29) is 5.69 Å². The molecule has 0 bridgehead atoms. The quantitative estimate of drug-likeness (QED) is 0.629. The van der Waals surface area contributed by atoms with E-state index in [2.05, 4.69) is 4.98 Å². The topological polar surface area (TPSA) is 68.3 Å². The second kappa shape index (κ2) is 8.24. The number of ether oxygens (including phenoxy) is 1. The fourth-order valence-electron chi connectivity index (χ4n) is 2.12. The first-order valence-corrected chi connectivity index (χ1v) is 8.82. The SMILES string of the molecule is O=C(COC(=O)c1csc(-c2cccc(Cl)c2)n1)Nc1c(F)cccc1F. The number of anilines is 1. The highest BCUT2D eigenvalue weighted by Crippen LogP contribution is 2.26. The van der Waals surface area contributed by atoms with Gasteiger partial charge in [-0.3, -0.25) is 4.79 Å². The minimum absolute atomic E-state index is 0.0137. The lowest BCUT2D eigenvalue weighted by molar-refractivity contribution is -0.119. The number of esters is 1. The highest BCUT2D eigenvalue weighted by atomic mass is 35.5. The summed E-state index contributed by atoms with van der Waals surface area (Å²) in [5, 5.41) is 4.59. The molecule has 1 heterocycles. The van der Waals surface area contributed by atoms with Crippen LogP contribution in [-0.2, 0) is 9.53 Å². The van der Waals surface area contributed by atoms with E-state index in [4.69, 9.17) is 16.3 Å². The Labute approximate surface area is 161 Å². The number of carbonyl (C=O) groups is 2. The van der Waals surface area contributed by atoms with Crippen LogP contribution >= 0.6 is 22.9 Å². The average molecular weight is 409 g/mol. The van der Waals surface area contributed by atoms with Gasteiger partial charge < -0.3 is 10.1 Å². The summed E-state index contributed by atoms with van der Waals surface area (Å²) in [6.45, 7) is -0.712. The summed E-state index contributed by atoms with van der Waals surface area (Å²) in [4.78, 5) is 27.9. The molecule has 138 valence electrons. The Kier molecular flexibility index (Phi) is 5.78. The summed E-state index contributed by atoms with van der Waals surface area (Å²) < 4.78 is 31.8. The van der Waals surface area contributed by atoms with Gasteiger partial charge in [0.05, 0.1) is 0 Å². The van der Waals surface area contributed by atoms with E-state index in [1.165, 1.54) is 22.8 Å². The Bertz CT molecular complexity index is 990. The third kappa shape index (κ3) is 4.66. The summed E-state index contributed by atoms with van der Waals surface area (Å²) in [5.74, 6) is -3.57. The van der Waals surface area contributed by atoms with E-state index in [1.807, 2.05) is 5.32 Å². The summed E-state index contributed by atoms with van der Waals surface area (Å²) in [5.41, 5.74) is 0.148. The second-order valence-corrected chi connectivity index (χ2v) is 6.56. The fraction of sp³-hybridized carbons (Fsp3) is 0.0556. The van der Waals surface area contributed by atoms with Crippen LogP contribution in [0.15, 0.2) is 47.8 Å². The smallest absolute Gasteiger partial charge is 0.358 e. The lowest BCUT2D eigenvalue weighted by Crippen LogP contribution is -2.22. The van der Waals surface area contributed by atoms with E-state index >= 15 is 0 Å². The number of hydrogen-bond acceptors (Lipinski definition) is 5. The average Bonchev–Trinajstić information content (AvgIpc) is 3.13. The number of rotatable bonds is 5. The van der Waals surface area contributed by atoms with Crippen LogP contribution in [0.4, 0.5) is 14.5 Å². The van der Waals surface area contributed by atoms with Crippen molar-refractivity contribution < 1.29 is 23.1 Å². The molecule has 5 nitrogen and oxygen atoms in total. The van der Waals surface area contributed by atoms with E-state index in [0.29, 0.717) is 10.0 Å². The number of para-hydroxylation sites is 1. The minimum atomic E-state index is -0.930. The molecule has 0 saturated heterocycles. The van der Waals surface area contributed by atoms with Crippen LogP contribution in [0.3, 0.4) is 0 Å². The summed E-state index contributed by atoms with van der Waals surface area (Å²) in [6, 6.07) is 10.1. The minimum Gasteiger partial charge on any atom is -0.451 e. The number of nitrogens with one attached hydrogen (secondary N) is 1. The van der Waals surface area contributed by atoms with Crippen LogP contribution in [0.5, 0.6) is 0 Å². The molecule has 0 radical (unpaired) electrons. The highest BCUT2D eigenvalue weighted by molar-refractivity contribution is 7.13. The van der Waals surface area contributed by atoms with Gasteiger partial charge in [0.1, 0.15) is 22.3 Å². The van der Waals surface area contributed by atoms with Crippen LogP contribution in [0.1, 0.15) is 10.5 Å². The second-order valence-electron chi connectivity index (χ2n) is 5.27. The van der Waals surface area contributed by atoms with E-state index in [0.717, 1.165) is 17.7 Å². The van der Waals surface area contributed by atoms with Gasteiger partial charge in [0.2, 0.25) is 0 Å². The Hall–Kier alpha value is -2.84. The number of hydrogen-bond donors (Lipinski definition) is 1. The Morgan fingerprint density at radius 3 is 2.56 bits per heavy atom. The standard InChI is InChI=1S/C18H11ClF2N2O3S/c19-11-4-1-3-10(7-11)17-22-14(9-27-17)18(25)26-8-15(24)23-16-12(20)5-2-6-13(16)21/h1-7,9H,8H2,(H,23,24). The van der Waals surface area contributed by atoms with E-state index < -0.39 is 35.8 Å². The summed E-state index contributed by atoms with van der Waals surface area (Å²) >= 11 is 7.13. The van der Waals surface area contributed by atoms with Crippen LogP contribution in [-0.4, -0.2) is 23.5 Å². The van der Waals surface area contributed by atoms with Gasteiger partial charge >= 0.3 is 5.97 Å². The largest absolute Gasteiger partial charge is 0.451 e. The molecule has 1 aromatic heterocycles. The van der Waals surface area contributed by atoms with Gasteiger partial charge in [-0.2, -0.15) is 0 Å². The molecule has 3 aromatic rings. The normalized spacial score (nSPS) is 10.5. The third-order valence-electron chi connectivity index (χ3n) is 3.35. The van der Waals surface area contributed by atoms with Crippen molar-refractivity contribution in [2.45, 2.75) is 0 Å². The maximum atomic E-state index is 13.5. The van der Waals surface area contributed by atoms with Crippen LogP contribution in [0, 0.1) is 11.6 Å². The number of aromatic nitrogens is 1. The Balaban J connectivity index is 1.60. The third-order valence-corrected chi connectivity index (χ3v) is 4.47. The van der Waals surface area contributed by atoms with Crippen molar-refractivity contribution in [2.75, 3.05) is 11.9 Å². The Morgan fingerprint density at radius 2 is 1.85 bits per heavy atom. The molecule has 0 unspecified atom stereocenters. The number of halogens is 3. The number of amides is 1. The van der Waals surface area contributed by atoms with Gasteiger partial charge in [-0.15, -0.1) is 11.3 Å². The van der Waals surface area contributed by atoms with Crippen molar-refractivity contribution >= 4 is 40.5 Å². The lowest BCUT2D eigenvalue weighted by atomic mass is 10.2. The van der Waals surface area contributed by atoms with Crippen LogP contribution < -0.4 is 5.32 Å². The molecule has 1 N–H and O–H groups in total. The van der Waals surface area contributed by atoms with Gasteiger partial charge in [-0.05, 0) is 24.3 Å². The number of benzene rings is 2. The van der Waals surface area contributed by atoms with Crippen LogP contribution in [0.25, 0.3) is 10.6 Å². The zero-order valence-electron chi connectivity index (χ0n) is 13.5. The van der Waals surface area contributed by atoms with E-state index in [9.17, 15) is 18.4 Å². The highest BCUT2D eigenvalue weighted by Gasteiger charge is 2.17. The maximum absolute atomic E-state index is 13.5. The summed E-state index contributed by atoms with van der Waals surface area (Å²) in [6.07, 6.45) is 0. The molecule has 9 heteroatoms. The molecular formula is C18H11ClF2N2O3S. The fourth-order valence-corrected chi connectivity index (χ4v) is 3.10. The first kappa shape index (κ1) is 18.9. The van der Waals surface area contributed by atoms with Gasteiger partial charge in [0.25, 0.3) is 5.91 Å². The molecule has 0 atom stereocenters. The van der Waals surface area contributed by atoms with Gasteiger partial charge in [-0.1, -0.05) is 29.8 Å². The molecule has 3 rings (SSSR count). The molecule has 0 aliphatic carbocycles.